The number of aryl methyl sites for hydroxylation is 1. The monoisotopic (exact) mass is 394 g/mol. The SMILES string of the molecule is Cc1ccc(S(=O)(=O)N(CC(=O)NCC(C)C)c2ccc(Cl)cc2)cc1. The van der Waals surface area contributed by atoms with Gasteiger partial charge in [0.2, 0.25) is 5.91 Å². The molecule has 5 nitrogen and oxygen atoms in total. The van der Waals surface area contributed by atoms with Crippen molar-refractivity contribution in [2.24, 2.45) is 5.92 Å². The number of hydrogen-bond acceptors (Lipinski definition) is 3. The minimum atomic E-state index is -3.89. The number of rotatable bonds is 7. The lowest BCUT2D eigenvalue weighted by atomic mass is 10.2. The van der Waals surface area contributed by atoms with Crippen LogP contribution in [0.25, 0.3) is 0 Å². The van der Waals surface area contributed by atoms with Crippen molar-refractivity contribution >= 4 is 33.2 Å². The molecule has 0 saturated heterocycles. The van der Waals surface area contributed by atoms with E-state index in [4.69, 9.17) is 11.6 Å². The van der Waals surface area contributed by atoms with Gasteiger partial charge in [0, 0.05) is 11.6 Å². The summed E-state index contributed by atoms with van der Waals surface area (Å²) in [4.78, 5) is 12.4. The van der Waals surface area contributed by atoms with Crippen molar-refractivity contribution in [3.63, 3.8) is 0 Å². The topological polar surface area (TPSA) is 66.5 Å². The molecule has 0 aliphatic rings. The molecule has 26 heavy (non-hydrogen) atoms. The fourth-order valence-electron chi connectivity index (χ4n) is 2.26. The molecule has 0 heterocycles. The van der Waals surface area contributed by atoms with Gasteiger partial charge in [0.05, 0.1) is 10.6 Å². The number of carbonyl (C=O) groups is 1. The van der Waals surface area contributed by atoms with E-state index in [2.05, 4.69) is 5.32 Å². The first-order valence-electron chi connectivity index (χ1n) is 8.32. The number of anilines is 1. The molecule has 1 N–H and O–H groups in total. The van der Waals surface area contributed by atoms with Gasteiger partial charge in [-0.15, -0.1) is 0 Å². The van der Waals surface area contributed by atoms with Crippen LogP contribution in [0, 0.1) is 12.8 Å². The van der Waals surface area contributed by atoms with E-state index in [1.165, 1.54) is 0 Å². The summed E-state index contributed by atoms with van der Waals surface area (Å²) in [5.74, 6) is -0.0824. The van der Waals surface area contributed by atoms with Gasteiger partial charge in [-0.3, -0.25) is 9.10 Å². The molecule has 0 aliphatic carbocycles. The van der Waals surface area contributed by atoms with Gasteiger partial charge in [-0.1, -0.05) is 43.1 Å². The van der Waals surface area contributed by atoms with Crippen molar-refractivity contribution < 1.29 is 13.2 Å². The van der Waals surface area contributed by atoms with E-state index in [0.29, 0.717) is 17.3 Å². The summed E-state index contributed by atoms with van der Waals surface area (Å²) in [6.45, 7) is 6.01. The van der Waals surface area contributed by atoms with Gasteiger partial charge in [-0.05, 0) is 49.2 Å². The molecule has 2 rings (SSSR count). The zero-order valence-electron chi connectivity index (χ0n) is 15.1. The van der Waals surface area contributed by atoms with Crippen LogP contribution >= 0.6 is 11.6 Å². The molecule has 140 valence electrons. The third kappa shape index (κ3) is 5.22. The van der Waals surface area contributed by atoms with Crippen molar-refractivity contribution in [1.29, 1.82) is 0 Å². The lowest BCUT2D eigenvalue weighted by Gasteiger charge is -2.24. The molecule has 0 unspecified atom stereocenters. The lowest BCUT2D eigenvalue weighted by molar-refractivity contribution is -0.119. The largest absolute Gasteiger partial charge is 0.354 e. The third-order valence-electron chi connectivity index (χ3n) is 3.72. The maximum Gasteiger partial charge on any atom is 0.264 e. The first-order valence-corrected chi connectivity index (χ1v) is 10.1. The van der Waals surface area contributed by atoms with Crippen LogP contribution in [0.15, 0.2) is 53.4 Å². The summed E-state index contributed by atoms with van der Waals surface area (Å²) in [7, 11) is -3.89. The zero-order chi connectivity index (χ0) is 19.3. The van der Waals surface area contributed by atoms with Crippen molar-refractivity contribution in [1.82, 2.24) is 5.32 Å². The van der Waals surface area contributed by atoms with Gasteiger partial charge in [0.25, 0.3) is 10.0 Å². The Hall–Kier alpha value is -2.05. The number of carbonyl (C=O) groups excluding carboxylic acids is 1. The third-order valence-corrected chi connectivity index (χ3v) is 5.76. The first kappa shape index (κ1) is 20.3. The number of nitrogens with one attached hydrogen (secondary N) is 1. The molecule has 0 radical (unpaired) electrons. The second kappa shape index (κ2) is 8.56. The molecule has 1 amide bonds. The van der Waals surface area contributed by atoms with Crippen molar-refractivity contribution in [3.8, 4) is 0 Å². The van der Waals surface area contributed by atoms with E-state index in [1.807, 2.05) is 20.8 Å². The summed E-state index contributed by atoms with van der Waals surface area (Å²) < 4.78 is 27.3. The number of halogens is 1. The van der Waals surface area contributed by atoms with E-state index in [9.17, 15) is 13.2 Å². The van der Waals surface area contributed by atoms with Crippen molar-refractivity contribution in [2.45, 2.75) is 25.7 Å². The van der Waals surface area contributed by atoms with Crippen LogP contribution in [0.5, 0.6) is 0 Å². The second-order valence-electron chi connectivity index (χ2n) is 6.50. The Balaban J connectivity index is 2.37. The maximum absolute atomic E-state index is 13.1. The number of benzene rings is 2. The fraction of sp³-hybridized carbons (Fsp3) is 0.316. The van der Waals surface area contributed by atoms with Crippen LogP contribution in [0.4, 0.5) is 5.69 Å². The Morgan fingerprint density at radius 2 is 1.65 bits per heavy atom. The van der Waals surface area contributed by atoms with Gasteiger partial charge in [0.15, 0.2) is 0 Å². The first-order chi connectivity index (χ1) is 12.2. The Morgan fingerprint density at radius 3 is 2.19 bits per heavy atom. The van der Waals surface area contributed by atoms with Crippen LogP contribution < -0.4 is 9.62 Å². The average molecular weight is 395 g/mol. The van der Waals surface area contributed by atoms with Crippen LogP contribution in [-0.2, 0) is 14.8 Å². The molecular formula is C19H23ClN2O3S. The van der Waals surface area contributed by atoms with Gasteiger partial charge < -0.3 is 5.32 Å². The zero-order valence-corrected chi connectivity index (χ0v) is 16.6. The molecule has 0 atom stereocenters. The summed E-state index contributed by atoms with van der Waals surface area (Å²) in [6, 6.07) is 12.9. The number of hydrogen-bond donors (Lipinski definition) is 1. The van der Waals surface area contributed by atoms with Crippen LogP contribution in [0.2, 0.25) is 5.02 Å². The molecule has 0 spiro atoms. The van der Waals surface area contributed by atoms with Crippen LogP contribution in [0.1, 0.15) is 19.4 Å². The highest BCUT2D eigenvalue weighted by Gasteiger charge is 2.27. The van der Waals surface area contributed by atoms with E-state index >= 15 is 0 Å². The molecular weight excluding hydrogens is 372 g/mol. The quantitative estimate of drug-likeness (QED) is 0.779. The molecule has 0 bridgehead atoms. The summed E-state index contributed by atoms with van der Waals surface area (Å²) >= 11 is 5.91. The maximum atomic E-state index is 13.1. The van der Waals surface area contributed by atoms with E-state index in [0.717, 1.165) is 9.87 Å². The lowest BCUT2D eigenvalue weighted by Crippen LogP contribution is -2.41. The van der Waals surface area contributed by atoms with E-state index in [1.54, 1.807) is 48.5 Å². The Labute approximate surface area is 160 Å². The van der Waals surface area contributed by atoms with Gasteiger partial charge in [-0.2, -0.15) is 0 Å². The highest BCUT2D eigenvalue weighted by molar-refractivity contribution is 7.92. The van der Waals surface area contributed by atoms with Crippen molar-refractivity contribution in [3.05, 3.63) is 59.1 Å². The van der Waals surface area contributed by atoms with Gasteiger partial charge >= 0.3 is 0 Å². The predicted octanol–water partition coefficient (Wildman–Crippen LogP) is 3.62. The standard InChI is InChI=1S/C19H23ClN2O3S/c1-14(2)12-21-19(23)13-22(17-8-6-16(20)7-9-17)26(24,25)18-10-4-15(3)5-11-18/h4-11,14H,12-13H2,1-3H3,(H,21,23). The number of amides is 1. The molecule has 0 saturated carbocycles. The van der Waals surface area contributed by atoms with Gasteiger partial charge in [-0.25, -0.2) is 8.42 Å². The fourth-order valence-corrected chi connectivity index (χ4v) is 3.81. The normalized spacial score (nSPS) is 11.4. The van der Waals surface area contributed by atoms with E-state index in [-0.39, 0.29) is 23.3 Å². The highest BCUT2D eigenvalue weighted by Crippen LogP contribution is 2.25. The van der Waals surface area contributed by atoms with Crippen molar-refractivity contribution in [2.75, 3.05) is 17.4 Å². The Bertz CT molecular complexity index is 847. The summed E-state index contributed by atoms with van der Waals surface area (Å²) in [5, 5.41) is 3.25. The molecule has 2 aromatic carbocycles. The van der Waals surface area contributed by atoms with E-state index < -0.39 is 10.0 Å². The number of sulfonamides is 1. The van der Waals surface area contributed by atoms with Crippen LogP contribution in [-0.4, -0.2) is 27.4 Å². The number of nitrogens with zero attached hydrogens (tertiary/aromatic N) is 1. The summed E-state index contributed by atoms with van der Waals surface area (Å²) in [6.07, 6.45) is 0. The molecule has 7 heteroatoms. The predicted molar refractivity (Wildman–Crippen MR) is 105 cm³/mol. The minimum Gasteiger partial charge on any atom is -0.354 e. The molecule has 2 aromatic rings. The van der Waals surface area contributed by atoms with Crippen LogP contribution in [0.3, 0.4) is 0 Å². The highest BCUT2D eigenvalue weighted by atomic mass is 35.5. The summed E-state index contributed by atoms with van der Waals surface area (Å²) in [5.41, 5.74) is 1.34. The smallest absolute Gasteiger partial charge is 0.264 e. The molecule has 0 fully saturated rings. The second-order valence-corrected chi connectivity index (χ2v) is 8.80. The average Bonchev–Trinajstić information content (AvgIpc) is 2.59. The minimum absolute atomic E-state index is 0.134. The molecule has 0 aromatic heterocycles. The molecule has 0 aliphatic heterocycles. The Morgan fingerprint density at radius 1 is 1.08 bits per heavy atom. The van der Waals surface area contributed by atoms with Gasteiger partial charge in [0.1, 0.15) is 6.54 Å². The Kier molecular flexibility index (Phi) is 6.67.